The molecule has 2 aromatic carbocycles. The Kier molecular flexibility index (Phi) is 5.00. The van der Waals surface area contributed by atoms with Crippen LogP contribution < -0.4 is 4.74 Å². The van der Waals surface area contributed by atoms with Crippen molar-refractivity contribution < 1.29 is 24.2 Å². The molecule has 1 fully saturated rings. The average molecular weight is 341 g/mol. The first-order valence-electron chi connectivity index (χ1n) is 7.96. The number of methoxy groups -OCH3 is 1. The van der Waals surface area contributed by atoms with Gasteiger partial charge < -0.3 is 14.6 Å². The summed E-state index contributed by atoms with van der Waals surface area (Å²) in [5.74, 6) is -0.935. The lowest BCUT2D eigenvalue weighted by Gasteiger charge is -2.25. The summed E-state index contributed by atoms with van der Waals surface area (Å²) < 4.78 is 10.4. The van der Waals surface area contributed by atoms with E-state index in [1.165, 1.54) is 7.11 Å². The number of aliphatic hydroxyl groups is 1. The average Bonchev–Trinajstić information content (AvgIpc) is 3.05. The van der Waals surface area contributed by atoms with Gasteiger partial charge in [-0.25, -0.2) is 9.69 Å². The molecule has 1 aliphatic heterocycles. The molecule has 0 bridgehead atoms. The van der Waals surface area contributed by atoms with Crippen molar-refractivity contribution in [3.8, 4) is 5.75 Å². The van der Waals surface area contributed by atoms with Gasteiger partial charge >= 0.3 is 6.09 Å². The van der Waals surface area contributed by atoms with Crippen molar-refractivity contribution in [2.75, 3.05) is 20.3 Å². The summed E-state index contributed by atoms with van der Waals surface area (Å²) in [6.07, 6.45) is -0.702. The van der Waals surface area contributed by atoms with E-state index in [4.69, 9.17) is 9.47 Å². The summed E-state index contributed by atoms with van der Waals surface area (Å²) in [6.45, 7) is -0.344. The van der Waals surface area contributed by atoms with Gasteiger partial charge in [-0.15, -0.1) is 0 Å². The van der Waals surface area contributed by atoms with Crippen LogP contribution in [0.15, 0.2) is 54.6 Å². The van der Waals surface area contributed by atoms with Crippen LogP contribution in [-0.2, 0) is 9.53 Å². The van der Waals surface area contributed by atoms with Crippen LogP contribution in [-0.4, -0.2) is 42.3 Å². The molecule has 0 unspecified atom stereocenters. The molecule has 1 aliphatic rings. The summed E-state index contributed by atoms with van der Waals surface area (Å²) in [4.78, 5) is 26.3. The number of benzene rings is 2. The van der Waals surface area contributed by atoms with Gasteiger partial charge in [-0.05, 0) is 11.6 Å². The van der Waals surface area contributed by atoms with Crippen molar-refractivity contribution >= 4 is 12.0 Å². The maximum Gasteiger partial charge on any atom is 0.417 e. The summed E-state index contributed by atoms with van der Waals surface area (Å²) >= 11 is 0. The van der Waals surface area contributed by atoms with E-state index >= 15 is 0 Å². The molecule has 25 heavy (non-hydrogen) atoms. The maximum absolute atomic E-state index is 13.0. The highest BCUT2D eigenvalue weighted by Crippen LogP contribution is 2.34. The van der Waals surface area contributed by atoms with Gasteiger partial charge in [0.15, 0.2) is 0 Å². The van der Waals surface area contributed by atoms with E-state index in [2.05, 4.69) is 0 Å². The van der Waals surface area contributed by atoms with E-state index in [1.54, 1.807) is 24.3 Å². The molecule has 1 saturated heterocycles. The van der Waals surface area contributed by atoms with E-state index in [1.807, 2.05) is 30.3 Å². The second-order valence-electron chi connectivity index (χ2n) is 5.69. The van der Waals surface area contributed by atoms with Crippen molar-refractivity contribution in [3.63, 3.8) is 0 Å². The zero-order chi connectivity index (χ0) is 17.8. The molecule has 2 atom stereocenters. The van der Waals surface area contributed by atoms with Crippen LogP contribution >= 0.6 is 0 Å². The van der Waals surface area contributed by atoms with Crippen LogP contribution in [0.1, 0.15) is 23.1 Å². The summed E-state index contributed by atoms with van der Waals surface area (Å²) in [5.41, 5.74) is 1.34. The fourth-order valence-electron chi connectivity index (χ4n) is 3.02. The van der Waals surface area contributed by atoms with Crippen molar-refractivity contribution in [1.29, 1.82) is 0 Å². The third-order valence-corrected chi connectivity index (χ3v) is 4.29. The molecule has 0 spiro atoms. The van der Waals surface area contributed by atoms with Gasteiger partial charge in [0.1, 0.15) is 18.4 Å². The molecule has 2 aromatic rings. The second-order valence-corrected chi connectivity index (χ2v) is 5.69. The number of nitrogens with zero attached hydrogens (tertiary/aromatic N) is 1. The molecule has 1 heterocycles. The molecule has 0 aromatic heterocycles. The molecule has 0 radical (unpaired) electrons. The van der Waals surface area contributed by atoms with Crippen LogP contribution in [0.4, 0.5) is 4.79 Å². The number of carbonyl (C=O) groups is 2. The molecule has 130 valence electrons. The number of amides is 2. The van der Waals surface area contributed by atoms with Crippen LogP contribution in [0.2, 0.25) is 0 Å². The van der Waals surface area contributed by atoms with Crippen molar-refractivity contribution in [2.45, 2.75) is 12.0 Å². The molecule has 1 N–H and O–H groups in total. The first-order valence-corrected chi connectivity index (χ1v) is 7.96. The Morgan fingerprint density at radius 2 is 1.92 bits per heavy atom. The van der Waals surface area contributed by atoms with Gasteiger partial charge in [0.2, 0.25) is 5.91 Å². The number of cyclic esters (lactones) is 1. The minimum Gasteiger partial charge on any atom is -0.496 e. The zero-order valence-corrected chi connectivity index (χ0v) is 13.8. The number of aliphatic hydroxyl groups excluding tert-OH is 1. The predicted molar refractivity (Wildman–Crippen MR) is 90.2 cm³/mol. The number of ether oxygens (including phenoxy) is 2. The monoisotopic (exact) mass is 341 g/mol. The predicted octanol–water partition coefficient (Wildman–Crippen LogP) is 2.49. The second kappa shape index (κ2) is 7.36. The van der Waals surface area contributed by atoms with Gasteiger partial charge in [0.25, 0.3) is 0 Å². The number of hydrogen-bond donors (Lipinski definition) is 1. The van der Waals surface area contributed by atoms with Gasteiger partial charge in [0.05, 0.1) is 19.6 Å². The number of rotatable bonds is 5. The highest BCUT2D eigenvalue weighted by atomic mass is 16.6. The molecule has 3 rings (SSSR count). The highest BCUT2D eigenvalue weighted by Gasteiger charge is 2.42. The molecule has 2 amide bonds. The van der Waals surface area contributed by atoms with Gasteiger partial charge in [-0.3, -0.25) is 4.79 Å². The summed E-state index contributed by atoms with van der Waals surface area (Å²) in [5, 5.41) is 9.82. The lowest BCUT2D eigenvalue weighted by molar-refractivity contribution is -0.131. The topological polar surface area (TPSA) is 76.1 Å². The van der Waals surface area contributed by atoms with Crippen LogP contribution in [0, 0.1) is 0 Å². The number of hydrogen-bond acceptors (Lipinski definition) is 5. The van der Waals surface area contributed by atoms with E-state index in [0.29, 0.717) is 11.3 Å². The Labute approximate surface area is 145 Å². The molecular weight excluding hydrogens is 322 g/mol. The Morgan fingerprint density at radius 3 is 2.60 bits per heavy atom. The van der Waals surface area contributed by atoms with Crippen LogP contribution in [0.5, 0.6) is 5.75 Å². The van der Waals surface area contributed by atoms with Gasteiger partial charge in [0, 0.05) is 5.56 Å². The fourth-order valence-corrected chi connectivity index (χ4v) is 3.02. The standard InChI is InChI=1S/C19H19NO5/c1-24-17-10-6-5-9-14(17)15(11-21)18(22)20-16(12-25-19(20)23)13-7-3-2-4-8-13/h2-10,15-16,21H,11-12H2,1H3/t15-,16+/m0/s1. The van der Waals surface area contributed by atoms with Crippen LogP contribution in [0.3, 0.4) is 0 Å². The fraction of sp³-hybridized carbons (Fsp3) is 0.263. The lowest BCUT2D eigenvalue weighted by atomic mass is 9.96. The Bertz CT molecular complexity index is 761. The third-order valence-electron chi connectivity index (χ3n) is 4.29. The third kappa shape index (κ3) is 3.21. The number of carbonyl (C=O) groups excluding carboxylic acids is 2. The summed E-state index contributed by atoms with van der Waals surface area (Å²) in [6, 6.07) is 15.6. The molecular formula is C19H19NO5. The molecule has 0 saturated carbocycles. The smallest absolute Gasteiger partial charge is 0.417 e. The number of imide groups is 1. The Morgan fingerprint density at radius 1 is 1.24 bits per heavy atom. The molecule has 6 nitrogen and oxygen atoms in total. The minimum absolute atomic E-state index is 0.0959. The number of para-hydroxylation sites is 1. The molecule has 6 heteroatoms. The van der Waals surface area contributed by atoms with Crippen LogP contribution in [0.25, 0.3) is 0 Å². The normalized spacial score (nSPS) is 17.9. The Balaban J connectivity index is 1.95. The van der Waals surface area contributed by atoms with Crippen molar-refractivity contribution in [3.05, 3.63) is 65.7 Å². The van der Waals surface area contributed by atoms with Crippen molar-refractivity contribution in [1.82, 2.24) is 4.90 Å². The maximum atomic E-state index is 13.0. The molecule has 0 aliphatic carbocycles. The zero-order valence-electron chi connectivity index (χ0n) is 13.8. The minimum atomic E-state index is -0.909. The highest BCUT2D eigenvalue weighted by molar-refractivity contribution is 5.97. The summed E-state index contributed by atoms with van der Waals surface area (Å²) in [7, 11) is 1.49. The quantitative estimate of drug-likeness (QED) is 0.904. The van der Waals surface area contributed by atoms with Crippen molar-refractivity contribution in [2.24, 2.45) is 0 Å². The van der Waals surface area contributed by atoms with Gasteiger partial charge in [-0.1, -0.05) is 48.5 Å². The Hall–Kier alpha value is -2.86. The van der Waals surface area contributed by atoms with E-state index in [0.717, 1.165) is 10.5 Å². The van der Waals surface area contributed by atoms with E-state index in [9.17, 15) is 14.7 Å². The lowest BCUT2D eigenvalue weighted by Crippen LogP contribution is -2.39. The van der Waals surface area contributed by atoms with Gasteiger partial charge in [-0.2, -0.15) is 0 Å². The van der Waals surface area contributed by atoms with E-state index in [-0.39, 0.29) is 6.61 Å². The van der Waals surface area contributed by atoms with E-state index < -0.39 is 30.6 Å². The first kappa shape index (κ1) is 17.0. The SMILES string of the molecule is COc1ccccc1[C@H](CO)C(=O)N1C(=O)OC[C@@H]1c1ccccc1. The first-order chi connectivity index (χ1) is 12.2. The largest absolute Gasteiger partial charge is 0.496 e.